The molecule has 0 unspecified atom stereocenters. The molecule has 0 saturated carbocycles. The molecule has 0 aliphatic heterocycles. The summed E-state index contributed by atoms with van der Waals surface area (Å²) in [6.07, 6.45) is -0.850. The van der Waals surface area contributed by atoms with Gasteiger partial charge in [0.1, 0.15) is 0 Å². The lowest BCUT2D eigenvalue weighted by Crippen LogP contribution is -2.21. The molecule has 0 aliphatic rings. The van der Waals surface area contributed by atoms with Gasteiger partial charge in [-0.1, -0.05) is 29.8 Å². The second-order valence-corrected chi connectivity index (χ2v) is 4.13. The summed E-state index contributed by atoms with van der Waals surface area (Å²) in [6, 6.07) is 6.72. The van der Waals surface area contributed by atoms with Crippen LogP contribution in [0, 0.1) is 12.8 Å². The highest BCUT2D eigenvalue weighted by atomic mass is 16.4. The summed E-state index contributed by atoms with van der Waals surface area (Å²) in [5, 5.41) is 17.4. The molecule has 1 aromatic rings. The molecule has 2 N–H and O–H groups in total. The van der Waals surface area contributed by atoms with Gasteiger partial charge >= 0.3 is 11.9 Å². The third-order valence-electron chi connectivity index (χ3n) is 2.58. The molecular formula is C13H14O5. The molecule has 0 radical (unpaired) electrons. The van der Waals surface area contributed by atoms with Gasteiger partial charge in [-0.05, 0) is 6.92 Å². The van der Waals surface area contributed by atoms with Crippen LogP contribution in [0.4, 0.5) is 0 Å². The number of carboxylic acid groups (broad SMARTS) is 2. The van der Waals surface area contributed by atoms with E-state index in [9.17, 15) is 14.4 Å². The molecule has 0 aliphatic carbocycles. The van der Waals surface area contributed by atoms with Gasteiger partial charge in [0.15, 0.2) is 5.78 Å². The molecular weight excluding hydrogens is 236 g/mol. The molecule has 5 nitrogen and oxygen atoms in total. The molecule has 96 valence electrons. The molecule has 5 heteroatoms. The molecule has 0 saturated heterocycles. The summed E-state index contributed by atoms with van der Waals surface area (Å²) >= 11 is 0. The lowest BCUT2D eigenvalue weighted by atomic mass is 9.95. The van der Waals surface area contributed by atoms with Crippen molar-refractivity contribution in [3.05, 3.63) is 35.4 Å². The van der Waals surface area contributed by atoms with Crippen molar-refractivity contribution in [1.82, 2.24) is 0 Å². The number of aliphatic carboxylic acids is 2. The highest BCUT2D eigenvalue weighted by molar-refractivity contribution is 5.98. The first kappa shape index (κ1) is 13.9. The van der Waals surface area contributed by atoms with Crippen molar-refractivity contribution >= 4 is 17.7 Å². The monoisotopic (exact) mass is 250 g/mol. The van der Waals surface area contributed by atoms with Crippen molar-refractivity contribution in [2.75, 3.05) is 0 Å². The maximum atomic E-state index is 11.8. The van der Waals surface area contributed by atoms with Crippen molar-refractivity contribution < 1.29 is 24.6 Å². The number of carboxylic acids is 2. The van der Waals surface area contributed by atoms with Gasteiger partial charge in [0.25, 0.3) is 0 Å². The number of ketones is 1. The number of hydrogen-bond donors (Lipinski definition) is 2. The average Bonchev–Trinajstić information content (AvgIpc) is 2.28. The maximum absolute atomic E-state index is 11.8. The number of hydrogen-bond acceptors (Lipinski definition) is 3. The quantitative estimate of drug-likeness (QED) is 0.750. The minimum absolute atomic E-state index is 0.301. The van der Waals surface area contributed by atoms with Gasteiger partial charge in [0.2, 0.25) is 0 Å². The minimum atomic E-state index is -1.27. The zero-order chi connectivity index (χ0) is 13.7. The highest BCUT2D eigenvalue weighted by Gasteiger charge is 2.24. The summed E-state index contributed by atoms with van der Waals surface area (Å²) in [4.78, 5) is 33.1. The molecule has 1 atom stereocenters. The molecule has 1 rings (SSSR count). The predicted molar refractivity (Wildman–Crippen MR) is 63.5 cm³/mol. The van der Waals surface area contributed by atoms with E-state index in [1.807, 2.05) is 6.92 Å². The fourth-order valence-corrected chi connectivity index (χ4v) is 1.54. The van der Waals surface area contributed by atoms with Crippen LogP contribution in [0.2, 0.25) is 0 Å². The fraction of sp³-hybridized carbons (Fsp3) is 0.308. The van der Waals surface area contributed by atoms with Gasteiger partial charge in [-0.25, -0.2) is 0 Å². The topological polar surface area (TPSA) is 91.7 Å². The van der Waals surface area contributed by atoms with Crippen molar-refractivity contribution in [1.29, 1.82) is 0 Å². The van der Waals surface area contributed by atoms with E-state index in [1.165, 1.54) is 0 Å². The Morgan fingerprint density at radius 3 is 2.06 bits per heavy atom. The van der Waals surface area contributed by atoms with Crippen LogP contribution in [-0.4, -0.2) is 27.9 Å². The molecule has 0 amide bonds. The van der Waals surface area contributed by atoms with Crippen LogP contribution in [0.25, 0.3) is 0 Å². The minimum Gasteiger partial charge on any atom is -0.481 e. The van der Waals surface area contributed by atoms with Crippen molar-refractivity contribution in [2.45, 2.75) is 19.8 Å². The van der Waals surface area contributed by atoms with Crippen LogP contribution in [-0.2, 0) is 9.59 Å². The number of benzene rings is 1. The van der Waals surface area contributed by atoms with Crippen molar-refractivity contribution in [3.63, 3.8) is 0 Å². The second-order valence-electron chi connectivity index (χ2n) is 4.13. The first-order valence-corrected chi connectivity index (χ1v) is 5.44. The number of aryl methyl sites for hydroxylation is 1. The van der Waals surface area contributed by atoms with E-state index in [0.29, 0.717) is 5.56 Å². The first-order valence-electron chi connectivity index (χ1n) is 5.44. The Morgan fingerprint density at radius 2 is 1.61 bits per heavy atom. The normalized spacial score (nSPS) is 11.8. The lowest BCUT2D eigenvalue weighted by molar-refractivity contribution is -0.148. The number of rotatable bonds is 6. The molecule has 0 heterocycles. The average molecular weight is 250 g/mol. The van der Waals surface area contributed by atoms with E-state index in [0.717, 1.165) is 5.56 Å². The molecule has 0 bridgehead atoms. The molecule has 0 spiro atoms. The third-order valence-corrected chi connectivity index (χ3v) is 2.58. The highest BCUT2D eigenvalue weighted by Crippen LogP contribution is 2.14. The van der Waals surface area contributed by atoms with E-state index in [2.05, 4.69) is 0 Å². The zero-order valence-electron chi connectivity index (χ0n) is 9.92. The van der Waals surface area contributed by atoms with Gasteiger partial charge in [0, 0.05) is 12.0 Å². The van der Waals surface area contributed by atoms with E-state index < -0.39 is 24.3 Å². The van der Waals surface area contributed by atoms with E-state index >= 15 is 0 Å². The smallest absolute Gasteiger partial charge is 0.307 e. The van der Waals surface area contributed by atoms with E-state index in [1.54, 1.807) is 24.3 Å². The van der Waals surface area contributed by atoms with Crippen LogP contribution >= 0.6 is 0 Å². The summed E-state index contributed by atoms with van der Waals surface area (Å²) in [6.45, 7) is 1.87. The fourth-order valence-electron chi connectivity index (χ4n) is 1.54. The van der Waals surface area contributed by atoms with Crippen molar-refractivity contribution in [2.24, 2.45) is 5.92 Å². The van der Waals surface area contributed by atoms with Crippen molar-refractivity contribution in [3.8, 4) is 0 Å². The summed E-state index contributed by atoms with van der Waals surface area (Å²) in [7, 11) is 0. The molecule has 18 heavy (non-hydrogen) atoms. The van der Waals surface area contributed by atoms with Gasteiger partial charge in [-0.15, -0.1) is 0 Å². The Morgan fingerprint density at radius 1 is 1.06 bits per heavy atom. The predicted octanol–water partition coefficient (Wildman–Crippen LogP) is 1.74. The van der Waals surface area contributed by atoms with Crippen LogP contribution < -0.4 is 0 Å². The number of carbonyl (C=O) groups is 3. The van der Waals surface area contributed by atoms with Crippen LogP contribution in [0.3, 0.4) is 0 Å². The van der Waals surface area contributed by atoms with Crippen LogP contribution in [0.1, 0.15) is 28.8 Å². The Kier molecular flexibility index (Phi) is 4.59. The number of carbonyl (C=O) groups excluding carboxylic acids is 1. The summed E-state index contributed by atoms with van der Waals surface area (Å²) < 4.78 is 0. The maximum Gasteiger partial charge on any atom is 0.307 e. The van der Waals surface area contributed by atoms with Crippen LogP contribution in [0.5, 0.6) is 0 Å². The van der Waals surface area contributed by atoms with Gasteiger partial charge in [0.05, 0.1) is 12.3 Å². The van der Waals surface area contributed by atoms with E-state index in [4.69, 9.17) is 10.2 Å². The van der Waals surface area contributed by atoms with Gasteiger partial charge < -0.3 is 10.2 Å². The first-order chi connectivity index (χ1) is 8.40. The standard InChI is InChI=1S/C13H14O5/c1-8-2-4-9(5-3-8)11(14)6-10(13(17)18)7-12(15)16/h2-5,10H,6-7H2,1H3,(H,15,16)(H,17,18)/t10-/m0/s1. The number of Topliss-reactive ketones (excluding diaryl/α,β-unsaturated/α-hetero) is 1. The van der Waals surface area contributed by atoms with E-state index in [-0.39, 0.29) is 12.2 Å². The largest absolute Gasteiger partial charge is 0.481 e. The Bertz CT molecular complexity index is 461. The Labute approximate surface area is 104 Å². The van der Waals surface area contributed by atoms with Gasteiger partial charge in [-0.3, -0.25) is 14.4 Å². The lowest BCUT2D eigenvalue weighted by Gasteiger charge is -2.08. The second kappa shape index (κ2) is 5.95. The van der Waals surface area contributed by atoms with Crippen LogP contribution in [0.15, 0.2) is 24.3 Å². The molecule has 0 aromatic heterocycles. The Hall–Kier alpha value is -2.17. The summed E-state index contributed by atoms with van der Waals surface area (Å²) in [5.41, 5.74) is 1.39. The molecule has 1 aromatic carbocycles. The Balaban J connectivity index is 2.75. The van der Waals surface area contributed by atoms with Gasteiger partial charge in [-0.2, -0.15) is 0 Å². The SMILES string of the molecule is Cc1ccc(C(=O)C[C@@H](CC(=O)O)C(=O)O)cc1. The zero-order valence-corrected chi connectivity index (χ0v) is 9.92. The summed E-state index contributed by atoms with van der Waals surface area (Å²) in [5.74, 6) is -4.03. The molecule has 0 fully saturated rings. The third kappa shape index (κ3) is 4.01.